The number of rotatable bonds is 1. The topological polar surface area (TPSA) is 55.0 Å². The molecule has 1 N–H and O–H groups in total. The van der Waals surface area contributed by atoms with Crippen LogP contribution in [0.3, 0.4) is 0 Å². The van der Waals surface area contributed by atoms with E-state index in [0.29, 0.717) is 5.56 Å². The van der Waals surface area contributed by atoms with Crippen LogP contribution < -0.4 is 0 Å². The molecule has 0 aliphatic carbocycles. The first-order valence-electron chi connectivity index (χ1n) is 4.67. The molecule has 0 aliphatic heterocycles. The Kier molecular flexibility index (Phi) is 2.19. The van der Waals surface area contributed by atoms with Gasteiger partial charge in [0.25, 0.3) is 0 Å². The fourth-order valence-corrected chi connectivity index (χ4v) is 1.65. The molecule has 1 aromatic carbocycles. The molecule has 0 aliphatic rings. The molecular weight excluding hydrogens is 192 g/mol. The van der Waals surface area contributed by atoms with Gasteiger partial charge in [-0.3, -0.25) is 5.10 Å². The van der Waals surface area contributed by atoms with Crippen LogP contribution in [0.5, 0.6) is 0 Å². The molecule has 4 nitrogen and oxygen atoms in total. The molecule has 0 unspecified atom stereocenters. The molecule has 2 rings (SSSR count). The van der Waals surface area contributed by atoms with Crippen molar-refractivity contribution in [2.45, 2.75) is 13.8 Å². The first-order valence-corrected chi connectivity index (χ1v) is 4.67. The maximum absolute atomic E-state index is 11.4. The molecule has 15 heavy (non-hydrogen) atoms. The molecule has 0 spiro atoms. The summed E-state index contributed by atoms with van der Waals surface area (Å²) in [6.07, 6.45) is 0. The SMILES string of the molecule is COC(=O)c1cc(C)c2n[nH]c(C)c2c1. The number of carbonyl (C=O) groups is 1. The van der Waals surface area contributed by atoms with E-state index in [9.17, 15) is 4.79 Å². The van der Waals surface area contributed by atoms with Crippen LogP contribution >= 0.6 is 0 Å². The molecule has 0 saturated carbocycles. The lowest BCUT2D eigenvalue weighted by molar-refractivity contribution is 0.0601. The van der Waals surface area contributed by atoms with Crippen LogP contribution in [0, 0.1) is 13.8 Å². The molecule has 0 bridgehead atoms. The highest BCUT2D eigenvalue weighted by Crippen LogP contribution is 2.21. The summed E-state index contributed by atoms with van der Waals surface area (Å²) < 4.78 is 4.69. The van der Waals surface area contributed by atoms with Crippen molar-refractivity contribution in [1.82, 2.24) is 10.2 Å². The van der Waals surface area contributed by atoms with Crippen molar-refractivity contribution in [2.24, 2.45) is 0 Å². The standard InChI is InChI=1S/C11H12N2O2/c1-6-4-8(11(14)15-3)5-9-7(2)12-13-10(6)9/h4-5H,1-3H3,(H,12,13). The molecule has 1 heterocycles. The smallest absolute Gasteiger partial charge is 0.337 e. The molecule has 0 atom stereocenters. The zero-order chi connectivity index (χ0) is 11.0. The minimum absolute atomic E-state index is 0.319. The van der Waals surface area contributed by atoms with Crippen molar-refractivity contribution in [1.29, 1.82) is 0 Å². The number of benzene rings is 1. The highest BCUT2D eigenvalue weighted by molar-refractivity contribution is 5.96. The summed E-state index contributed by atoms with van der Waals surface area (Å²) >= 11 is 0. The average molecular weight is 204 g/mol. The third-order valence-corrected chi connectivity index (χ3v) is 2.46. The quantitative estimate of drug-likeness (QED) is 0.722. The van der Waals surface area contributed by atoms with Crippen molar-refractivity contribution in [2.75, 3.05) is 7.11 Å². The summed E-state index contributed by atoms with van der Waals surface area (Å²) in [4.78, 5) is 11.4. The van der Waals surface area contributed by atoms with E-state index in [1.54, 1.807) is 12.1 Å². The number of aromatic amines is 1. The van der Waals surface area contributed by atoms with Crippen LogP contribution in [-0.4, -0.2) is 23.3 Å². The molecule has 4 heteroatoms. The summed E-state index contributed by atoms with van der Waals surface area (Å²) in [5.41, 5.74) is 3.39. The number of hydrogen-bond acceptors (Lipinski definition) is 3. The first-order chi connectivity index (χ1) is 7.13. The predicted octanol–water partition coefficient (Wildman–Crippen LogP) is 1.97. The van der Waals surface area contributed by atoms with Gasteiger partial charge in [0.1, 0.15) is 0 Å². The Morgan fingerprint density at radius 3 is 2.80 bits per heavy atom. The zero-order valence-electron chi connectivity index (χ0n) is 8.92. The summed E-state index contributed by atoms with van der Waals surface area (Å²) in [6, 6.07) is 3.58. The van der Waals surface area contributed by atoms with Gasteiger partial charge in [0.15, 0.2) is 0 Å². The van der Waals surface area contributed by atoms with E-state index in [-0.39, 0.29) is 5.97 Å². The first kappa shape index (κ1) is 9.71. The van der Waals surface area contributed by atoms with Crippen LogP contribution in [0.2, 0.25) is 0 Å². The van der Waals surface area contributed by atoms with Gasteiger partial charge in [-0.1, -0.05) is 0 Å². The van der Waals surface area contributed by atoms with Crippen molar-refractivity contribution in [3.8, 4) is 0 Å². The number of methoxy groups -OCH3 is 1. The lowest BCUT2D eigenvalue weighted by atomic mass is 10.1. The van der Waals surface area contributed by atoms with Crippen LogP contribution in [0.4, 0.5) is 0 Å². The van der Waals surface area contributed by atoms with Crippen LogP contribution in [0.15, 0.2) is 12.1 Å². The fourth-order valence-electron chi connectivity index (χ4n) is 1.65. The van der Waals surface area contributed by atoms with Crippen LogP contribution in [-0.2, 0) is 4.74 Å². The van der Waals surface area contributed by atoms with E-state index < -0.39 is 0 Å². The normalized spacial score (nSPS) is 10.6. The second-order valence-electron chi connectivity index (χ2n) is 3.53. The Morgan fingerprint density at radius 2 is 2.13 bits per heavy atom. The molecule has 0 radical (unpaired) electrons. The Balaban J connectivity index is 2.70. The second kappa shape index (κ2) is 3.38. The van der Waals surface area contributed by atoms with Crippen molar-refractivity contribution in [3.63, 3.8) is 0 Å². The van der Waals surface area contributed by atoms with Crippen LogP contribution in [0.1, 0.15) is 21.6 Å². The third kappa shape index (κ3) is 1.48. The Bertz CT molecular complexity index is 529. The van der Waals surface area contributed by atoms with Crippen molar-refractivity contribution < 1.29 is 9.53 Å². The second-order valence-corrected chi connectivity index (χ2v) is 3.53. The van der Waals surface area contributed by atoms with Gasteiger partial charge in [-0.15, -0.1) is 0 Å². The van der Waals surface area contributed by atoms with Gasteiger partial charge < -0.3 is 4.74 Å². The van der Waals surface area contributed by atoms with Crippen molar-refractivity contribution >= 4 is 16.9 Å². The summed E-state index contributed by atoms with van der Waals surface area (Å²) in [6.45, 7) is 3.85. The molecular formula is C11H12N2O2. The Morgan fingerprint density at radius 1 is 1.40 bits per heavy atom. The number of nitrogens with one attached hydrogen (secondary N) is 1. The van der Waals surface area contributed by atoms with Gasteiger partial charge in [0.2, 0.25) is 0 Å². The summed E-state index contributed by atoms with van der Waals surface area (Å²) in [5.74, 6) is -0.319. The number of aryl methyl sites for hydroxylation is 2. The minimum atomic E-state index is -0.319. The average Bonchev–Trinajstić information content (AvgIpc) is 2.60. The number of esters is 1. The molecule has 2 aromatic rings. The lowest BCUT2D eigenvalue weighted by Gasteiger charge is -2.01. The molecule has 78 valence electrons. The van der Waals surface area contributed by atoms with E-state index in [1.165, 1.54) is 7.11 Å². The van der Waals surface area contributed by atoms with E-state index >= 15 is 0 Å². The van der Waals surface area contributed by atoms with Gasteiger partial charge in [0, 0.05) is 11.1 Å². The number of H-pyrrole nitrogens is 1. The number of aromatic nitrogens is 2. The zero-order valence-corrected chi connectivity index (χ0v) is 8.92. The fraction of sp³-hybridized carbons (Fsp3) is 0.273. The van der Waals surface area contributed by atoms with Gasteiger partial charge in [-0.05, 0) is 31.5 Å². The number of nitrogens with zero attached hydrogens (tertiary/aromatic N) is 1. The maximum atomic E-state index is 11.4. The number of ether oxygens (including phenoxy) is 1. The van der Waals surface area contributed by atoms with Gasteiger partial charge >= 0.3 is 5.97 Å². The lowest BCUT2D eigenvalue weighted by Crippen LogP contribution is -2.01. The number of carbonyl (C=O) groups excluding carboxylic acids is 1. The molecule has 1 aromatic heterocycles. The summed E-state index contributed by atoms with van der Waals surface area (Å²) in [7, 11) is 1.38. The van der Waals surface area contributed by atoms with E-state index in [0.717, 1.165) is 22.2 Å². The van der Waals surface area contributed by atoms with E-state index in [4.69, 9.17) is 0 Å². The highest BCUT2D eigenvalue weighted by atomic mass is 16.5. The number of fused-ring (bicyclic) bond motifs is 1. The largest absolute Gasteiger partial charge is 0.465 e. The van der Waals surface area contributed by atoms with Gasteiger partial charge in [-0.2, -0.15) is 5.10 Å². The molecule has 0 saturated heterocycles. The monoisotopic (exact) mass is 204 g/mol. The third-order valence-electron chi connectivity index (χ3n) is 2.46. The minimum Gasteiger partial charge on any atom is -0.465 e. The van der Waals surface area contributed by atoms with Crippen molar-refractivity contribution in [3.05, 3.63) is 29.0 Å². The van der Waals surface area contributed by atoms with Gasteiger partial charge in [0.05, 0.1) is 18.2 Å². The van der Waals surface area contributed by atoms with Gasteiger partial charge in [-0.25, -0.2) is 4.79 Å². The van der Waals surface area contributed by atoms with Crippen LogP contribution in [0.25, 0.3) is 10.9 Å². The van der Waals surface area contributed by atoms with E-state index in [1.807, 2.05) is 13.8 Å². The molecule has 0 amide bonds. The molecule has 0 fully saturated rings. The summed E-state index contributed by atoms with van der Waals surface area (Å²) in [5, 5.41) is 8.03. The predicted molar refractivity (Wildman–Crippen MR) is 56.9 cm³/mol. The Labute approximate surface area is 87.2 Å². The van der Waals surface area contributed by atoms with E-state index in [2.05, 4.69) is 14.9 Å². The Hall–Kier alpha value is -1.84. The maximum Gasteiger partial charge on any atom is 0.337 e. The highest BCUT2D eigenvalue weighted by Gasteiger charge is 2.11. The number of hydrogen-bond donors (Lipinski definition) is 1.